The molecule has 1 saturated heterocycles. The van der Waals surface area contributed by atoms with Gasteiger partial charge in [-0.05, 0) is 37.3 Å². The zero-order valence-corrected chi connectivity index (χ0v) is 15.3. The highest BCUT2D eigenvalue weighted by Crippen LogP contribution is 2.29. The summed E-state index contributed by atoms with van der Waals surface area (Å²) in [5.74, 6) is -0.0365. The molecule has 0 bridgehead atoms. The number of ether oxygens (including phenoxy) is 1. The van der Waals surface area contributed by atoms with Gasteiger partial charge in [-0.25, -0.2) is 18.7 Å². The van der Waals surface area contributed by atoms with E-state index in [1.807, 2.05) is 0 Å². The van der Waals surface area contributed by atoms with Gasteiger partial charge in [0.15, 0.2) is 5.65 Å². The van der Waals surface area contributed by atoms with Crippen LogP contribution in [0, 0.1) is 12.7 Å². The summed E-state index contributed by atoms with van der Waals surface area (Å²) in [5, 5.41) is 6.85. The van der Waals surface area contributed by atoms with Crippen molar-refractivity contribution in [3.63, 3.8) is 0 Å². The van der Waals surface area contributed by atoms with Crippen molar-refractivity contribution in [2.45, 2.75) is 20.0 Å². The lowest BCUT2D eigenvalue weighted by Crippen LogP contribution is -2.33. The fourth-order valence-corrected chi connectivity index (χ4v) is 3.16. The van der Waals surface area contributed by atoms with Gasteiger partial charge in [-0.15, -0.1) is 0 Å². The summed E-state index contributed by atoms with van der Waals surface area (Å²) in [7, 11) is 0. The molecule has 0 saturated carbocycles. The molecule has 3 heterocycles. The van der Waals surface area contributed by atoms with E-state index in [0.717, 1.165) is 0 Å². The van der Waals surface area contributed by atoms with Gasteiger partial charge in [0.2, 0.25) is 5.91 Å². The second-order valence-electron chi connectivity index (χ2n) is 6.60. The van der Waals surface area contributed by atoms with Gasteiger partial charge in [0.05, 0.1) is 18.8 Å². The van der Waals surface area contributed by atoms with Crippen LogP contribution in [0.15, 0.2) is 36.5 Å². The lowest BCUT2D eigenvalue weighted by Gasteiger charge is -2.14. The minimum absolute atomic E-state index is 0.204. The lowest BCUT2D eigenvalue weighted by molar-refractivity contribution is -0.119. The summed E-state index contributed by atoms with van der Waals surface area (Å²) in [5.41, 5.74) is 2.12. The number of cyclic esters (lactones) is 1. The van der Waals surface area contributed by atoms with Crippen molar-refractivity contribution in [3.8, 4) is 11.1 Å². The van der Waals surface area contributed by atoms with Gasteiger partial charge in [-0.1, -0.05) is 0 Å². The van der Waals surface area contributed by atoms with Gasteiger partial charge >= 0.3 is 6.09 Å². The molecule has 1 aliphatic heterocycles. The SMILES string of the molecule is CC(=O)NC[C@H]1CN(c2ccc(-c3ccc4nc(C)nn4c3)c(F)c2)C(=O)O1. The first-order chi connectivity index (χ1) is 13.4. The lowest BCUT2D eigenvalue weighted by atomic mass is 10.1. The molecule has 0 spiro atoms. The highest BCUT2D eigenvalue weighted by molar-refractivity contribution is 5.90. The molecule has 0 radical (unpaired) electrons. The molecular weight excluding hydrogens is 365 g/mol. The Bertz CT molecular complexity index is 1080. The smallest absolute Gasteiger partial charge is 0.414 e. The maximum atomic E-state index is 14.8. The zero-order valence-electron chi connectivity index (χ0n) is 15.3. The summed E-state index contributed by atoms with van der Waals surface area (Å²) in [6.07, 6.45) is 0.667. The molecule has 1 atom stereocenters. The molecule has 144 valence electrons. The number of benzene rings is 1. The first-order valence-electron chi connectivity index (χ1n) is 8.76. The third-order valence-corrected chi connectivity index (χ3v) is 4.46. The fraction of sp³-hybridized carbons (Fsp3) is 0.263. The van der Waals surface area contributed by atoms with Gasteiger partial charge in [-0.3, -0.25) is 9.69 Å². The maximum Gasteiger partial charge on any atom is 0.414 e. The highest BCUT2D eigenvalue weighted by Gasteiger charge is 2.32. The van der Waals surface area contributed by atoms with E-state index in [-0.39, 0.29) is 19.0 Å². The van der Waals surface area contributed by atoms with Crippen molar-refractivity contribution in [1.29, 1.82) is 0 Å². The van der Waals surface area contributed by atoms with Crippen LogP contribution < -0.4 is 10.2 Å². The molecule has 9 heteroatoms. The number of fused-ring (bicyclic) bond motifs is 1. The van der Waals surface area contributed by atoms with E-state index in [2.05, 4.69) is 15.4 Å². The number of aryl methyl sites for hydroxylation is 1. The van der Waals surface area contributed by atoms with Crippen LogP contribution in [0.4, 0.5) is 14.9 Å². The average molecular weight is 383 g/mol. The Labute approximate surface area is 159 Å². The summed E-state index contributed by atoms with van der Waals surface area (Å²) in [6, 6.07) is 8.12. The minimum atomic E-state index is -0.568. The molecule has 8 nitrogen and oxygen atoms in total. The molecule has 1 fully saturated rings. The molecule has 2 aromatic heterocycles. The number of anilines is 1. The number of pyridine rings is 1. The Morgan fingerprint density at radius 2 is 2.18 bits per heavy atom. The third-order valence-electron chi connectivity index (χ3n) is 4.46. The zero-order chi connectivity index (χ0) is 19.8. The molecule has 4 rings (SSSR count). The number of carbonyl (C=O) groups excluding carboxylic acids is 2. The molecule has 28 heavy (non-hydrogen) atoms. The van der Waals surface area contributed by atoms with Crippen LogP contribution in [0.5, 0.6) is 0 Å². The van der Waals surface area contributed by atoms with E-state index >= 15 is 0 Å². The van der Waals surface area contributed by atoms with Crippen LogP contribution in [-0.2, 0) is 9.53 Å². The quantitative estimate of drug-likeness (QED) is 0.747. The average Bonchev–Trinajstić information content (AvgIpc) is 3.20. The Kier molecular flexibility index (Phi) is 4.42. The van der Waals surface area contributed by atoms with Crippen LogP contribution >= 0.6 is 0 Å². The summed E-state index contributed by atoms with van der Waals surface area (Å²) < 4.78 is 21.6. The number of halogens is 1. The number of carbonyl (C=O) groups is 2. The molecule has 3 aromatic rings. The third kappa shape index (κ3) is 3.38. The Morgan fingerprint density at radius 3 is 2.93 bits per heavy atom. The normalized spacial score (nSPS) is 16.5. The van der Waals surface area contributed by atoms with Gasteiger partial charge < -0.3 is 10.1 Å². The van der Waals surface area contributed by atoms with Crippen LogP contribution in [0.3, 0.4) is 0 Å². The minimum Gasteiger partial charge on any atom is -0.442 e. The molecule has 1 aromatic carbocycles. The standard InChI is InChI=1S/C19H18FN5O3/c1-11-22-18-6-3-13(9-25(18)23-11)16-5-4-14(7-17(16)20)24-10-15(28-19(24)27)8-21-12(2)26/h3-7,9,15H,8,10H2,1-2H3,(H,21,26)/t15-/m0/s1. The van der Waals surface area contributed by atoms with E-state index in [1.165, 1.54) is 17.9 Å². The Balaban J connectivity index is 1.57. The van der Waals surface area contributed by atoms with E-state index in [9.17, 15) is 14.0 Å². The van der Waals surface area contributed by atoms with Gasteiger partial charge in [0, 0.05) is 24.2 Å². The van der Waals surface area contributed by atoms with Crippen molar-refractivity contribution in [2.75, 3.05) is 18.0 Å². The Hall–Kier alpha value is -3.49. The van der Waals surface area contributed by atoms with Crippen molar-refractivity contribution in [1.82, 2.24) is 19.9 Å². The molecular formula is C19H18FN5O3. The fourth-order valence-electron chi connectivity index (χ4n) is 3.16. The van der Waals surface area contributed by atoms with E-state index in [4.69, 9.17) is 4.74 Å². The topological polar surface area (TPSA) is 88.8 Å². The van der Waals surface area contributed by atoms with Crippen molar-refractivity contribution >= 4 is 23.3 Å². The largest absolute Gasteiger partial charge is 0.442 e. The van der Waals surface area contributed by atoms with Gasteiger partial charge in [0.1, 0.15) is 17.7 Å². The number of aromatic nitrogens is 3. The number of rotatable bonds is 4. The molecule has 0 unspecified atom stereocenters. The van der Waals surface area contributed by atoms with Crippen LogP contribution in [0.2, 0.25) is 0 Å². The maximum absolute atomic E-state index is 14.8. The van der Waals surface area contributed by atoms with Crippen LogP contribution in [0.25, 0.3) is 16.8 Å². The molecule has 1 aliphatic rings. The molecule has 1 N–H and O–H groups in total. The molecule has 2 amide bonds. The summed E-state index contributed by atoms with van der Waals surface area (Å²) >= 11 is 0. The predicted molar refractivity (Wildman–Crippen MR) is 99.4 cm³/mol. The number of amides is 2. The first-order valence-corrected chi connectivity index (χ1v) is 8.76. The number of hydrogen-bond donors (Lipinski definition) is 1. The number of hydrogen-bond acceptors (Lipinski definition) is 5. The van der Waals surface area contributed by atoms with Gasteiger partial charge in [0.25, 0.3) is 0 Å². The number of nitrogens with one attached hydrogen (secondary N) is 1. The summed E-state index contributed by atoms with van der Waals surface area (Å²) in [4.78, 5) is 28.7. The second kappa shape index (κ2) is 6.91. The van der Waals surface area contributed by atoms with E-state index in [1.54, 1.807) is 41.9 Å². The first kappa shape index (κ1) is 17.9. The number of nitrogens with zero attached hydrogens (tertiary/aromatic N) is 4. The van der Waals surface area contributed by atoms with Crippen LogP contribution in [0.1, 0.15) is 12.7 Å². The highest BCUT2D eigenvalue weighted by atomic mass is 19.1. The van der Waals surface area contributed by atoms with Crippen molar-refractivity contribution in [2.24, 2.45) is 0 Å². The van der Waals surface area contributed by atoms with E-state index < -0.39 is 18.0 Å². The van der Waals surface area contributed by atoms with Crippen molar-refractivity contribution < 1.29 is 18.7 Å². The monoisotopic (exact) mass is 383 g/mol. The predicted octanol–water partition coefficient (Wildman–Crippen LogP) is 2.31. The van der Waals surface area contributed by atoms with E-state index in [0.29, 0.717) is 28.3 Å². The Morgan fingerprint density at radius 1 is 1.36 bits per heavy atom. The molecule has 0 aliphatic carbocycles. The second-order valence-corrected chi connectivity index (χ2v) is 6.60. The summed E-state index contributed by atoms with van der Waals surface area (Å²) in [6.45, 7) is 3.63. The van der Waals surface area contributed by atoms with Gasteiger partial charge in [-0.2, -0.15) is 5.10 Å². The van der Waals surface area contributed by atoms with Crippen molar-refractivity contribution in [3.05, 3.63) is 48.2 Å². The van der Waals surface area contributed by atoms with Crippen LogP contribution in [-0.4, -0.2) is 45.8 Å².